The number of aliphatic hydroxyl groups is 2. The molecule has 0 saturated carbocycles. The van der Waals surface area contributed by atoms with Crippen molar-refractivity contribution in [1.29, 1.82) is 0 Å². The molecule has 0 heterocycles. The molecule has 20 heavy (non-hydrogen) atoms. The Labute approximate surface area is 123 Å². The first-order valence-electron chi connectivity index (χ1n) is 7.11. The van der Waals surface area contributed by atoms with Crippen molar-refractivity contribution in [3.05, 3.63) is 37.0 Å². The molecule has 0 aromatic carbocycles. The average Bonchev–Trinajstić information content (AvgIpc) is 2.27. The second-order valence-electron chi connectivity index (χ2n) is 6.17. The lowest BCUT2D eigenvalue weighted by Gasteiger charge is -2.22. The van der Waals surface area contributed by atoms with Crippen LogP contribution in [0, 0.1) is 0 Å². The molecule has 3 heteroatoms. The molecular weight excluding hydrogens is 252 g/mol. The summed E-state index contributed by atoms with van der Waals surface area (Å²) in [6, 6.07) is 0. The summed E-state index contributed by atoms with van der Waals surface area (Å²) in [7, 11) is 0. The van der Waals surface area contributed by atoms with Gasteiger partial charge in [-0.3, -0.25) is 0 Å². The largest absolute Gasteiger partial charge is 0.386 e. The van der Waals surface area contributed by atoms with Gasteiger partial charge in [0.1, 0.15) is 0 Å². The minimum atomic E-state index is -0.934. The summed E-state index contributed by atoms with van der Waals surface area (Å²) < 4.78 is 5.55. The van der Waals surface area contributed by atoms with E-state index in [1.165, 1.54) is 6.08 Å². The van der Waals surface area contributed by atoms with Crippen molar-refractivity contribution < 1.29 is 14.9 Å². The minimum Gasteiger partial charge on any atom is -0.386 e. The van der Waals surface area contributed by atoms with Gasteiger partial charge in [0, 0.05) is 6.61 Å². The zero-order valence-electron chi connectivity index (χ0n) is 13.5. The molecule has 0 bridgehead atoms. The Morgan fingerprint density at radius 2 is 1.45 bits per heavy atom. The Kier molecular flexibility index (Phi) is 7.42. The molecule has 0 rings (SSSR count). The lowest BCUT2D eigenvalue weighted by Crippen LogP contribution is -2.23. The van der Waals surface area contributed by atoms with Crippen LogP contribution in [-0.4, -0.2) is 33.6 Å². The predicted octanol–water partition coefficient (Wildman–Crippen LogP) is 3.38. The minimum absolute atomic E-state index is 0.318. The Morgan fingerprint density at radius 3 is 1.95 bits per heavy atom. The van der Waals surface area contributed by atoms with Gasteiger partial charge in [-0.25, -0.2) is 0 Å². The molecule has 0 aromatic rings. The normalized spacial score (nSPS) is 19.1. The number of hydrogen-bond acceptors (Lipinski definition) is 3. The van der Waals surface area contributed by atoms with Crippen LogP contribution >= 0.6 is 0 Å². The second kappa shape index (κ2) is 7.77. The second-order valence-corrected chi connectivity index (χ2v) is 6.17. The van der Waals surface area contributed by atoms with Gasteiger partial charge in [-0.05, 0) is 47.5 Å². The van der Waals surface area contributed by atoms with E-state index in [-0.39, 0.29) is 5.60 Å². The van der Waals surface area contributed by atoms with Crippen LogP contribution in [0.15, 0.2) is 37.0 Å². The fourth-order valence-electron chi connectivity index (χ4n) is 1.70. The van der Waals surface area contributed by atoms with Gasteiger partial charge in [-0.15, -0.1) is 6.58 Å². The first-order valence-corrected chi connectivity index (χ1v) is 7.11. The van der Waals surface area contributed by atoms with E-state index < -0.39 is 11.2 Å². The lowest BCUT2D eigenvalue weighted by molar-refractivity contribution is 0.0279. The molecule has 2 unspecified atom stereocenters. The van der Waals surface area contributed by atoms with E-state index in [4.69, 9.17) is 4.74 Å². The van der Waals surface area contributed by atoms with Crippen LogP contribution in [0.2, 0.25) is 0 Å². The molecule has 2 N–H and O–H groups in total. The molecule has 0 radical (unpaired) electrons. The van der Waals surface area contributed by atoms with Gasteiger partial charge < -0.3 is 14.9 Å². The first kappa shape index (κ1) is 19.1. The van der Waals surface area contributed by atoms with Crippen molar-refractivity contribution in [3.8, 4) is 0 Å². The highest BCUT2D eigenvalue weighted by molar-refractivity contribution is 5.08. The van der Waals surface area contributed by atoms with E-state index in [0.717, 1.165) is 0 Å². The maximum atomic E-state index is 10.2. The van der Waals surface area contributed by atoms with E-state index in [1.807, 2.05) is 32.9 Å². The molecule has 0 fully saturated rings. The smallest absolute Gasteiger partial charge is 0.0833 e. The van der Waals surface area contributed by atoms with Gasteiger partial charge in [0.25, 0.3) is 0 Å². The van der Waals surface area contributed by atoms with Crippen molar-refractivity contribution in [1.82, 2.24) is 0 Å². The van der Waals surface area contributed by atoms with Gasteiger partial charge in [-0.1, -0.05) is 30.4 Å². The highest BCUT2D eigenvalue weighted by Gasteiger charge is 2.18. The number of hydrogen-bond donors (Lipinski definition) is 2. The summed E-state index contributed by atoms with van der Waals surface area (Å²) in [5.41, 5.74) is -2.18. The molecule has 0 aliphatic carbocycles. The van der Waals surface area contributed by atoms with E-state index in [1.54, 1.807) is 26.0 Å². The summed E-state index contributed by atoms with van der Waals surface area (Å²) in [6.07, 6.45) is 9.80. The zero-order valence-corrected chi connectivity index (χ0v) is 13.5. The SMILES string of the molecule is C=CC(C)(O)CC=CC(C)(O)CC=CC(C)(C)OCC. The molecule has 0 aliphatic heterocycles. The van der Waals surface area contributed by atoms with Crippen molar-refractivity contribution in [3.63, 3.8) is 0 Å². The number of ether oxygens (including phenoxy) is 1. The zero-order chi connectivity index (χ0) is 15.9. The van der Waals surface area contributed by atoms with Gasteiger partial charge in [0.15, 0.2) is 0 Å². The topological polar surface area (TPSA) is 49.7 Å². The van der Waals surface area contributed by atoms with Gasteiger partial charge in [-0.2, -0.15) is 0 Å². The van der Waals surface area contributed by atoms with Crippen LogP contribution in [0.1, 0.15) is 47.5 Å². The Hall–Kier alpha value is -0.900. The Balaban J connectivity index is 4.42. The molecule has 0 saturated heterocycles. The van der Waals surface area contributed by atoms with Crippen LogP contribution in [0.4, 0.5) is 0 Å². The molecular formula is C17H30O3. The van der Waals surface area contributed by atoms with Gasteiger partial charge in [0.05, 0.1) is 16.8 Å². The van der Waals surface area contributed by atoms with Crippen molar-refractivity contribution in [2.45, 2.75) is 64.3 Å². The Bertz CT molecular complexity index is 349. The summed E-state index contributed by atoms with van der Waals surface area (Å²) in [5, 5.41) is 20.0. The first-order chi connectivity index (χ1) is 9.04. The lowest BCUT2D eigenvalue weighted by atomic mass is 9.96. The van der Waals surface area contributed by atoms with Gasteiger partial charge >= 0.3 is 0 Å². The third kappa shape index (κ3) is 9.08. The predicted molar refractivity (Wildman–Crippen MR) is 84.7 cm³/mol. The third-order valence-electron chi connectivity index (χ3n) is 3.01. The third-order valence-corrected chi connectivity index (χ3v) is 3.01. The van der Waals surface area contributed by atoms with E-state index in [0.29, 0.717) is 19.4 Å². The van der Waals surface area contributed by atoms with Crippen molar-refractivity contribution in [2.75, 3.05) is 6.61 Å². The van der Waals surface area contributed by atoms with Crippen molar-refractivity contribution >= 4 is 0 Å². The quantitative estimate of drug-likeness (QED) is 0.637. The van der Waals surface area contributed by atoms with E-state index in [9.17, 15) is 10.2 Å². The molecule has 0 spiro atoms. The maximum Gasteiger partial charge on any atom is 0.0833 e. The maximum absolute atomic E-state index is 10.2. The van der Waals surface area contributed by atoms with Crippen LogP contribution in [0.25, 0.3) is 0 Å². The number of rotatable bonds is 9. The van der Waals surface area contributed by atoms with E-state index in [2.05, 4.69) is 6.58 Å². The average molecular weight is 282 g/mol. The summed E-state index contributed by atoms with van der Waals surface area (Å²) in [5.74, 6) is 0. The van der Waals surface area contributed by atoms with E-state index >= 15 is 0 Å². The summed E-state index contributed by atoms with van der Waals surface area (Å²) in [4.78, 5) is 0. The van der Waals surface area contributed by atoms with Crippen molar-refractivity contribution in [2.24, 2.45) is 0 Å². The summed E-state index contributed by atoms with van der Waals surface area (Å²) in [6.45, 7) is 13.6. The summed E-state index contributed by atoms with van der Waals surface area (Å²) >= 11 is 0. The fraction of sp³-hybridized carbons (Fsp3) is 0.647. The molecule has 116 valence electrons. The molecule has 2 atom stereocenters. The molecule has 0 aliphatic rings. The molecule has 0 aromatic heterocycles. The van der Waals surface area contributed by atoms with Gasteiger partial charge in [0.2, 0.25) is 0 Å². The molecule has 3 nitrogen and oxygen atoms in total. The molecule has 0 amide bonds. The highest BCUT2D eigenvalue weighted by atomic mass is 16.5. The van der Waals surface area contributed by atoms with Crippen LogP contribution in [0.3, 0.4) is 0 Å². The monoisotopic (exact) mass is 282 g/mol. The highest BCUT2D eigenvalue weighted by Crippen LogP contribution is 2.18. The van der Waals surface area contributed by atoms with Crippen LogP contribution in [-0.2, 0) is 4.74 Å². The standard InChI is InChI=1S/C17H30O3/c1-7-16(5,18)12-10-14-17(6,19)13-9-11-15(3,4)20-8-2/h7,9-11,14,18-19H,1,8,12-13H2,2-6H3. The fourth-order valence-corrected chi connectivity index (χ4v) is 1.70. The van der Waals surface area contributed by atoms with Crippen LogP contribution in [0.5, 0.6) is 0 Å². The van der Waals surface area contributed by atoms with Crippen LogP contribution < -0.4 is 0 Å². The Morgan fingerprint density at radius 1 is 0.950 bits per heavy atom.